The lowest BCUT2D eigenvalue weighted by Gasteiger charge is -2.14. The second-order valence-corrected chi connectivity index (χ2v) is 5.30. The van der Waals surface area contributed by atoms with Crippen molar-refractivity contribution >= 4 is 18.0 Å². The minimum Gasteiger partial charge on any atom is -0.488 e. The highest BCUT2D eigenvalue weighted by Gasteiger charge is 2.21. The van der Waals surface area contributed by atoms with Gasteiger partial charge in [0.2, 0.25) is 0 Å². The highest BCUT2D eigenvalue weighted by atomic mass is 16.5. The molecule has 0 bridgehead atoms. The van der Waals surface area contributed by atoms with E-state index in [0.717, 1.165) is 5.56 Å². The first-order chi connectivity index (χ1) is 12.6. The Morgan fingerprint density at radius 3 is 2.42 bits per heavy atom. The molecular formula is C21H20O5. The molecule has 0 spiro atoms. The zero-order valence-electron chi connectivity index (χ0n) is 14.6. The predicted molar refractivity (Wildman–Crippen MR) is 99.1 cm³/mol. The summed E-state index contributed by atoms with van der Waals surface area (Å²) in [5.41, 5.74) is 1.67. The van der Waals surface area contributed by atoms with Crippen LogP contribution in [0.2, 0.25) is 0 Å². The lowest BCUT2D eigenvalue weighted by Crippen LogP contribution is -2.12. The maximum absolute atomic E-state index is 12.6. The van der Waals surface area contributed by atoms with Gasteiger partial charge in [0.15, 0.2) is 0 Å². The lowest BCUT2D eigenvalue weighted by molar-refractivity contribution is 0.0468. The van der Waals surface area contributed by atoms with Crippen molar-refractivity contribution < 1.29 is 23.8 Å². The van der Waals surface area contributed by atoms with Crippen LogP contribution < -0.4 is 4.74 Å². The van der Waals surface area contributed by atoms with Crippen LogP contribution in [0.3, 0.4) is 0 Å². The molecule has 0 atom stereocenters. The molecule has 5 nitrogen and oxygen atoms in total. The number of methoxy groups -OCH3 is 1. The number of carbonyl (C=O) groups is 2. The van der Waals surface area contributed by atoms with Gasteiger partial charge >= 0.3 is 11.9 Å². The Labute approximate surface area is 152 Å². The Hall–Kier alpha value is -3.34. The van der Waals surface area contributed by atoms with E-state index in [4.69, 9.17) is 14.2 Å². The third kappa shape index (κ3) is 4.60. The van der Waals surface area contributed by atoms with Crippen molar-refractivity contribution in [3.8, 4) is 5.75 Å². The van der Waals surface area contributed by atoms with Crippen LogP contribution in [0.4, 0.5) is 0 Å². The topological polar surface area (TPSA) is 61.8 Å². The first-order valence-electron chi connectivity index (χ1n) is 7.94. The normalized spacial score (nSPS) is 9.88. The molecule has 2 aromatic carbocycles. The summed E-state index contributed by atoms with van der Waals surface area (Å²) in [6.07, 6.45) is 3.05. The van der Waals surface area contributed by atoms with Gasteiger partial charge in [-0.25, -0.2) is 9.59 Å². The molecule has 0 aliphatic carbocycles. The third-order valence-corrected chi connectivity index (χ3v) is 3.54. The summed E-state index contributed by atoms with van der Waals surface area (Å²) in [5.74, 6) is -0.895. The molecule has 0 N–H and O–H groups in total. The summed E-state index contributed by atoms with van der Waals surface area (Å²) in [7, 11) is 1.27. The fraction of sp³-hybridized carbons (Fsp3) is 0.143. The number of benzene rings is 2. The fourth-order valence-electron chi connectivity index (χ4n) is 2.29. The summed E-state index contributed by atoms with van der Waals surface area (Å²) in [4.78, 5) is 24.5. The summed E-state index contributed by atoms with van der Waals surface area (Å²) in [6, 6.07) is 12.2. The van der Waals surface area contributed by atoms with Gasteiger partial charge in [0.25, 0.3) is 0 Å². The van der Waals surface area contributed by atoms with Crippen LogP contribution in [-0.4, -0.2) is 25.7 Å². The SMILES string of the molecule is C=CCOc1c(C=C)cc(C(=O)OC)cc1C(=O)OCc1ccccc1. The maximum atomic E-state index is 12.6. The van der Waals surface area contributed by atoms with Gasteiger partial charge in [0.1, 0.15) is 24.5 Å². The molecule has 0 radical (unpaired) electrons. The minimum absolute atomic E-state index is 0.104. The highest BCUT2D eigenvalue weighted by molar-refractivity contribution is 5.99. The fourth-order valence-corrected chi connectivity index (χ4v) is 2.29. The molecule has 0 saturated carbocycles. The largest absolute Gasteiger partial charge is 0.488 e. The second-order valence-electron chi connectivity index (χ2n) is 5.30. The van der Waals surface area contributed by atoms with E-state index in [-0.39, 0.29) is 30.1 Å². The van der Waals surface area contributed by atoms with Gasteiger partial charge in [-0.15, -0.1) is 0 Å². The molecule has 0 saturated heterocycles. The van der Waals surface area contributed by atoms with Gasteiger partial charge < -0.3 is 14.2 Å². The molecule has 2 rings (SSSR count). The Kier molecular flexibility index (Phi) is 6.74. The Balaban J connectivity index is 2.37. The molecule has 0 amide bonds. The van der Waals surface area contributed by atoms with Crippen molar-refractivity contribution in [2.24, 2.45) is 0 Å². The summed E-state index contributed by atoms with van der Waals surface area (Å²) in [5, 5.41) is 0. The van der Waals surface area contributed by atoms with E-state index in [2.05, 4.69) is 13.2 Å². The van der Waals surface area contributed by atoms with Gasteiger partial charge in [-0.1, -0.05) is 55.6 Å². The van der Waals surface area contributed by atoms with Gasteiger partial charge in [0.05, 0.1) is 12.7 Å². The average molecular weight is 352 g/mol. The average Bonchev–Trinajstić information content (AvgIpc) is 2.69. The van der Waals surface area contributed by atoms with Gasteiger partial charge in [-0.05, 0) is 17.7 Å². The Bertz CT molecular complexity index is 809. The number of carbonyl (C=O) groups excluding carboxylic acids is 2. The molecule has 0 fully saturated rings. The molecule has 2 aromatic rings. The zero-order chi connectivity index (χ0) is 18.9. The Morgan fingerprint density at radius 1 is 1.08 bits per heavy atom. The number of hydrogen-bond acceptors (Lipinski definition) is 5. The highest BCUT2D eigenvalue weighted by Crippen LogP contribution is 2.29. The second kappa shape index (κ2) is 9.22. The molecule has 0 aliphatic rings. The maximum Gasteiger partial charge on any atom is 0.342 e. The van der Waals surface area contributed by atoms with Crippen LogP contribution in [0.5, 0.6) is 5.75 Å². The van der Waals surface area contributed by atoms with E-state index in [1.165, 1.54) is 19.3 Å². The summed E-state index contributed by atoms with van der Waals surface area (Å²) >= 11 is 0. The van der Waals surface area contributed by atoms with Crippen LogP contribution >= 0.6 is 0 Å². The first kappa shape index (κ1) is 19.0. The van der Waals surface area contributed by atoms with E-state index >= 15 is 0 Å². The summed E-state index contributed by atoms with van der Waals surface area (Å²) < 4.78 is 15.7. The smallest absolute Gasteiger partial charge is 0.342 e. The third-order valence-electron chi connectivity index (χ3n) is 3.54. The quantitative estimate of drug-likeness (QED) is 0.530. The number of esters is 2. The molecule has 0 aliphatic heterocycles. The van der Waals surface area contributed by atoms with Gasteiger partial charge in [-0.3, -0.25) is 0 Å². The van der Waals surface area contributed by atoms with Crippen molar-refractivity contribution in [2.75, 3.05) is 13.7 Å². The van der Waals surface area contributed by atoms with E-state index in [9.17, 15) is 9.59 Å². The van der Waals surface area contributed by atoms with E-state index in [0.29, 0.717) is 5.56 Å². The predicted octanol–water partition coefficient (Wildman–Crippen LogP) is 4.04. The first-order valence-corrected chi connectivity index (χ1v) is 7.94. The Morgan fingerprint density at radius 2 is 1.81 bits per heavy atom. The molecular weight excluding hydrogens is 332 g/mol. The van der Waals surface area contributed by atoms with Crippen molar-refractivity contribution in [3.63, 3.8) is 0 Å². The van der Waals surface area contributed by atoms with Crippen LogP contribution in [0.15, 0.2) is 61.7 Å². The van der Waals surface area contributed by atoms with Crippen molar-refractivity contribution in [1.82, 2.24) is 0 Å². The van der Waals surface area contributed by atoms with Gasteiger partial charge in [-0.2, -0.15) is 0 Å². The van der Waals surface area contributed by atoms with Crippen molar-refractivity contribution in [2.45, 2.75) is 6.61 Å². The van der Waals surface area contributed by atoms with Crippen LogP contribution in [-0.2, 0) is 16.1 Å². The molecule has 0 aromatic heterocycles. The van der Waals surface area contributed by atoms with E-state index < -0.39 is 11.9 Å². The standard InChI is InChI=1S/C21H20O5/c1-4-11-25-19-16(5-2)12-17(20(22)24-3)13-18(19)21(23)26-14-15-9-7-6-8-10-15/h4-10,12-13H,1-2,11,14H2,3H3. The van der Waals surface area contributed by atoms with E-state index in [1.807, 2.05) is 30.3 Å². The zero-order valence-corrected chi connectivity index (χ0v) is 14.6. The van der Waals surface area contributed by atoms with Crippen LogP contribution in [0.25, 0.3) is 6.08 Å². The van der Waals surface area contributed by atoms with Crippen molar-refractivity contribution in [3.05, 3.63) is 84.0 Å². The number of rotatable bonds is 8. The monoisotopic (exact) mass is 352 g/mol. The summed E-state index contributed by atoms with van der Waals surface area (Å²) in [6.45, 7) is 7.61. The lowest BCUT2D eigenvalue weighted by atomic mass is 10.0. The number of hydrogen-bond donors (Lipinski definition) is 0. The molecule has 134 valence electrons. The molecule has 0 unspecified atom stereocenters. The number of ether oxygens (including phenoxy) is 3. The van der Waals surface area contributed by atoms with Gasteiger partial charge in [0, 0.05) is 5.56 Å². The minimum atomic E-state index is -0.609. The van der Waals surface area contributed by atoms with Crippen LogP contribution in [0.1, 0.15) is 31.8 Å². The van der Waals surface area contributed by atoms with E-state index in [1.54, 1.807) is 12.1 Å². The molecule has 26 heavy (non-hydrogen) atoms. The molecule has 0 heterocycles. The molecule has 5 heteroatoms. The van der Waals surface area contributed by atoms with Crippen LogP contribution in [0, 0.1) is 0 Å². The van der Waals surface area contributed by atoms with Crippen molar-refractivity contribution in [1.29, 1.82) is 0 Å².